The highest BCUT2D eigenvalue weighted by Crippen LogP contribution is 2.23. The molecule has 0 saturated carbocycles. The Bertz CT molecular complexity index is 258. The molecule has 1 heterocycles. The minimum Gasteiger partial charge on any atom is -0.386 e. The second-order valence-electron chi connectivity index (χ2n) is 2.78. The lowest BCUT2D eigenvalue weighted by Crippen LogP contribution is -2.01. The highest BCUT2D eigenvalue weighted by Gasteiger charge is 2.10. The first-order chi connectivity index (χ1) is 5.65. The zero-order chi connectivity index (χ0) is 9.14. The Morgan fingerprint density at radius 1 is 1.67 bits per heavy atom. The van der Waals surface area contributed by atoms with Gasteiger partial charge in [-0.05, 0) is 26.8 Å². The van der Waals surface area contributed by atoms with Gasteiger partial charge < -0.3 is 10.8 Å². The molecule has 68 valence electrons. The Labute approximate surface area is 76.3 Å². The van der Waals surface area contributed by atoms with Gasteiger partial charge in [0.1, 0.15) is 11.1 Å². The maximum atomic E-state index is 9.25. The van der Waals surface area contributed by atoms with Crippen molar-refractivity contribution in [3.8, 4) is 0 Å². The van der Waals surface area contributed by atoms with Crippen molar-refractivity contribution in [2.45, 2.75) is 26.4 Å². The predicted octanol–water partition coefficient (Wildman–Crippen LogP) is 1.01. The van der Waals surface area contributed by atoms with E-state index in [0.717, 1.165) is 17.1 Å². The molecule has 1 aromatic heterocycles. The molecule has 0 aliphatic heterocycles. The van der Waals surface area contributed by atoms with Crippen molar-refractivity contribution in [1.82, 2.24) is 4.98 Å². The first-order valence-corrected chi connectivity index (χ1v) is 4.81. The van der Waals surface area contributed by atoms with Crippen LogP contribution in [0, 0.1) is 6.92 Å². The minimum atomic E-state index is -0.458. The number of thiazole rings is 1. The summed E-state index contributed by atoms with van der Waals surface area (Å²) in [6.07, 6.45) is 0.399. The monoisotopic (exact) mass is 186 g/mol. The van der Waals surface area contributed by atoms with E-state index in [1.807, 2.05) is 6.92 Å². The Morgan fingerprint density at radius 3 is 2.75 bits per heavy atom. The van der Waals surface area contributed by atoms with Gasteiger partial charge in [0.05, 0.1) is 5.69 Å². The zero-order valence-corrected chi connectivity index (χ0v) is 8.19. The van der Waals surface area contributed by atoms with E-state index in [1.165, 1.54) is 4.88 Å². The fraction of sp³-hybridized carbons (Fsp3) is 0.625. The molecule has 12 heavy (non-hydrogen) atoms. The average Bonchev–Trinajstić information content (AvgIpc) is 2.34. The lowest BCUT2D eigenvalue weighted by molar-refractivity contribution is 0.198. The fourth-order valence-electron chi connectivity index (χ4n) is 0.992. The van der Waals surface area contributed by atoms with Crippen LogP contribution in [0.3, 0.4) is 0 Å². The van der Waals surface area contributed by atoms with Gasteiger partial charge in [-0.2, -0.15) is 0 Å². The molecule has 3 N–H and O–H groups in total. The highest BCUT2D eigenvalue weighted by molar-refractivity contribution is 7.11. The Kier molecular flexibility index (Phi) is 3.20. The van der Waals surface area contributed by atoms with Gasteiger partial charge in [-0.1, -0.05) is 0 Å². The van der Waals surface area contributed by atoms with Crippen molar-refractivity contribution >= 4 is 11.3 Å². The van der Waals surface area contributed by atoms with Crippen LogP contribution in [0.2, 0.25) is 0 Å². The summed E-state index contributed by atoms with van der Waals surface area (Å²) < 4.78 is 0. The van der Waals surface area contributed by atoms with Gasteiger partial charge in [-0.3, -0.25) is 0 Å². The molecule has 1 rings (SSSR count). The Morgan fingerprint density at radius 2 is 2.33 bits per heavy atom. The summed E-state index contributed by atoms with van der Waals surface area (Å²) in [5.41, 5.74) is 6.43. The summed E-state index contributed by atoms with van der Waals surface area (Å²) in [4.78, 5) is 5.43. The molecule has 0 spiro atoms. The first-order valence-electron chi connectivity index (χ1n) is 3.99. The van der Waals surface area contributed by atoms with Gasteiger partial charge in [0, 0.05) is 4.88 Å². The molecule has 1 atom stereocenters. The van der Waals surface area contributed by atoms with E-state index >= 15 is 0 Å². The van der Waals surface area contributed by atoms with Gasteiger partial charge in [-0.25, -0.2) is 4.98 Å². The second-order valence-corrected chi connectivity index (χ2v) is 3.89. The van der Waals surface area contributed by atoms with E-state index in [9.17, 15) is 5.11 Å². The van der Waals surface area contributed by atoms with Crippen molar-refractivity contribution in [3.05, 3.63) is 15.6 Å². The molecule has 0 aromatic carbocycles. The molecule has 0 saturated heterocycles. The molecule has 1 aromatic rings. The summed E-state index contributed by atoms with van der Waals surface area (Å²) in [6.45, 7) is 4.32. The highest BCUT2D eigenvalue weighted by atomic mass is 32.1. The van der Waals surface area contributed by atoms with Gasteiger partial charge >= 0.3 is 0 Å². The standard InChI is InChI=1S/C8H14N2OS/c1-5-7(3-4-9)12-8(10-5)6(2)11/h6,11H,3-4,9H2,1-2H3. The van der Waals surface area contributed by atoms with Crippen LogP contribution >= 0.6 is 11.3 Å². The number of nitrogens with two attached hydrogens (primary N) is 1. The number of hydrogen-bond acceptors (Lipinski definition) is 4. The SMILES string of the molecule is Cc1nc(C(C)O)sc1CCN. The quantitative estimate of drug-likeness (QED) is 0.740. The van der Waals surface area contributed by atoms with Crippen molar-refractivity contribution in [1.29, 1.82) is 0 Å². The number of aryl methyl sites for hydroxylation is 1. The third-order valence-corrected chi connectivity index (χ3v) is 3.03. The average molecular weight is 186 g/mol. The Hall–Kier alpha value is -0.450. The van der Waals surface area contributed by atoms with Crippen LogP contribution in [0.1, 0.15) is 28.6 Å². The molecule has 0 fully saturated rings. The number of aromatic nitrogens is 1. The number of nitrogens with zero attached hydrogens (tertiary/aromatic N) is 1. The van der Waals surface area contributed by atoms with Crippen LogP contribution in [0.4, 0.5) is 0 Å². The van der Waals surface area contributed by atoms with E-state index < -0.39 is 6.10 Å². The molecular weight excluding hydrogens is 172 g/mol. The summed E-state index contributed by atoms with van der Waals surface area (Å²) in [6, 6.07) is 0. The number of hydrogen-bond donors (Lipinski definition) is 2. The smallest absolute Gasteiger partial charge is 0.121 e. The van der Waals surface area contributed by atoms with Gasteiger partial charge in [-0.15, -0.1) is 11.3 Å². The number of aliphatic hydroxyl groups excluding tert-OH is 1. The second kappa shape index (κ2) is 3.98. The van der Waals surface area contributed by atoms with E-state index in [-0.39, 0.29) is 0 Å². The summed E-state index contributed by atoms with van der Waals surface area (Å²) in [5, 5.41) is 10.0. The minimum absolute atomic E-state index is 0.458. The fourth-order valence-corrected chi connectivity index (χ4v) is 2.01. The number of rotatable bonds is 3. The van der Waals surface area contributed by atoms with Crippen molar-refractivity contribution in [2.75, 3.05) is 6.54 Å². The van der Waals surface area contributed by atoms with Gasteiger partial charge in [0.15, 0.2) is 0 Å². The van der Waals surface area contributed by atoms with Crippen LogP contribution in [-0.2, 0) is 6.42 Å². The molecule has 3 nitrogen and oxygen atoms in total. The van der Waals surface area contributed by atoms with Crippen LogP contribution in [0.5, 0.6) is 0 Å². The van der Waals surface area contributed by atoms with Crippen LogP contribution < -0.4 is 5.73 Å². The maximum absolute atomic E-state index is 9.25. The lowest BCUT2D eigenvalue weighted by atomic mass is 10.3. The van der Waals surface area contributed by atoms with Gasteiger partial charge in [0.25, 0.3) is 0 Å². The molecule has 0 bridgehead atoms. The third-order valence-electron chi connectivity index (χ3n) is 1.64. The summed E-state index contributed by atoms with van der Waals surface area (Å²) in [7, 11) is 0. The van der Waals surface area contributed by atoms with E-state index in [2.05, 4.69) is 4.98 Å². The zero-order valence-electron chi connectivity index (χ0n) is 7.37. The summed E-state index contributed by atoms with van der Waals surface area (Å²) in [5.74, 6) is 0. The lowest BCUT2D eigenvalue weighted by Gasteiger charge is -1.94. The summed E-state index contributed by atoms with van der Waals surface area (Å²) >= 11 is 1.55. The van der Waals surface area contributed by atoms with Gasteiger partial charge in [0.2, 0.25) is 0 Å². The van der Waals surface area contributed by atoms with E-state index in [1.54, 1.807) is 18.3 Å². The van der Waals surface area contributed by atoms with Crippen LogP contribution in [0.25, 0.3) is 0 Å². The molecule has 0 aliphatic rings. The van der Waals surface area contributed by atoms with E-state index in [4.69, 9.17) is 5.73 Å². The third kappa shape index (κ3) is 2.03. The normalized spacial score (nSPS) is 13.3. The van der Waals surface area contributed by atoms with E-state index in [0.29, 0.717) is 6.54 Å². The molecule has 1 unspecified atom stereocenters. The van der Waals surface area contributed by atoms with Crippen molar-refractivity contribution in [3.63, 3.8) is 0 Å². The Balaban J connectivity index is 2.85. The largest absolute Gasteiger partial charge is 0.386 e. The van der Waals surface area contributed by atoms with Crippen LogP contribution in [-0.4, -0.2) is 16.6 Å². The number of aliphatic hydroxyl groups is 1. The molecule has 4 heteroatoms. The first kappa shape index (κ1) is 9.64. The molecular formula is C8H14N2OS. The molecule has 0 radical (unpaired) electrons. The predicted molar refractivity (Wildman–Crippen MR) is 50.2 cm³/mol. The van der Waals surface area contributed by atoms with Crippen molar-refractivity contribution in [2.24, 2.45) is 5.73 Å². The van der Waals surface area contributed by atoms with Crippen LogP contribution in [0.15, 0.2) is 0 Å². The molecule has 0 amide bonds. The van der Waals surface area contributed by atoms with Crippen molar-refractivity contribution < 1.29 is 5.11 Å². The maximum Gasteiger partial charge on any atom is 0.121 e. The molecule has 0 aliphatic carbocycles. The topological polar surface area (TPSA) is 59.1 Å².